The summed E-state index contributed by atoms with van der Waals surface area (Å²) >= 11 is 0. The Hall–Kier alpha value is -1.89. The van der Waals surface area contributed by atoms with Crippen molar-refractivity contribution in [3.63, 3.8) is 0 Å². The lowest BCUT2D eigenvalue weighted by Gasteiger charge is -2.21. The Kier molecular flexibility index (Phi) is 5.74. The summed E-state index contributed by atoms with van der Waals surface area (Å²) in [6.07, 6.45) is 0. The highest BCUT2D eigenvalue weighted by Crippen LogP contribution is 2.17. The van der Waals surface area contributed by atoms with Crippen LogP contribution in [-0.4, -0.2) is 44.2 Å². The lowest BCUT2D eigenvalue weighted by atomic mass is 10.2. The third-order valence-corrected chi connectivity index (χ3v) is 3.27. The minimum Gasteiger partial charge on any atom is -0.423 e. The van der Waals surface area contributed by atoms with Crippen molar-refractivity contribution >= 4 is 16.7 Å². The number of benzene rings is 1. The Morgan fingerprint density at radius 2 is 1.76 bits per heavy atom. The van der Waals surface area contributed by atoms with Crippen LogP contribution in [0.15, 0.2) is 39.5 Å². The molecule has 0 amide bonds. The first-order valence-corrected chi connectivity index (χ1v) is 7.13. The summed E-state index contributed by atoms with van der Waals surface area (Å²) in [5.74, 6) is 0. The Morgan fingerprint density at radius 1 is 1.05 bits per heavy atom. The van der Waals surface area contributed by atoms with E-state index in [9.17, 15) is 4.79 Å². The highest BCUT2D eigenvalue weighted by atomic mass is 16.4. The fourth-order valence-corrected chi connectivity index (χ4v) is 2.23. The molecule has 0 radical (unpaired) electrons. The predicted octanol–water partition coefficient (Wildman–Crippen LogP) is 0.424. The van der Waals surface area contributed by atoms with Crippen LogP contribution in [0.2, 0.25) is 0 Å². The number of anilines is 1. The molecule has 0 fully saturated rings. The summed E-state index contributed by atoms with van der Waals surface area (Å²) in [4.78, 5) is 13.4. The summed E-state index contributed by atoms with van der Waals surface area (Å²) in [7, 11) is 0. The van der Waals surface area contributed by atoms with Gasteiger partial charge in [0.05, 0.1) is 0 Å². The SMILES string of the molecule is NCCN(CCN)CCNc1ccc2ccc(=O)oc2c1. The van der Waals surface area contributed by atoms with Gasteiger partial charge in [-0.25, -0.2) is 4.79 Å². The van der Waals surface area contributed by atoms with Crippen LogP contribution in [0.5, 0.6) is 0 Å². The molecule has 0 aliphatic carbocycles. The molecule has 1 heterocycles. The molecule has 21 heavy (non-hydrogen) atoms. The quantitative estimate of drug-likeness (QED) is 0.610. The van der Waals surface area contributed by atoms with E-state index < -0.39 is 0 Å². The van der Waals surface area contributed by atoms with Gasteiger partial charge in [0, 0.05) is 62.5 Å². The first-order valence-electron chi connectivity index (χ1n) is 7.13. The van der Waals surface area contributed by atoms with Crippen molar-refractivity contribution in [2.75, 3.05) is 44.6 Å². The maximum atomic E-state index is 11.2. The average Bonchev–Trinajstić information content (AvgIpc) is 2.47. The maximum absolute atomic E-state index is 11.2. The predicted molar refractivity (Wildman–Crippen MR) is 85.5 cm³/mol. The number of fused-ring (bicyclic) bond motifs is 1. The van der Waals surface area contributed by atoms with Crippen LogP contribution in [0.3, 0.4) is 0 Å². The summed E-state index contributed by atoms with van der Waals surface area (Å²) in [6, 6.07) is 8.92. The maximum Gasteiger partial charge on any atom is 0.336 e. The van der Waals surface area contributed by atoms with Crippen LogP contribution in [-0.2, 0) is 0 Å². The highest BCUT2D eigenvalue weighted by Gasteiger charge is 2.03. The number of hydrogen-bond donors (Lipinski definition) is 3. The first-order chi connectivity index (χ1) is 10.2. The monoisotopic (exact) mass is 290 g/mol. The van der Waals surface area contributed by atoms with E-state index in [1.165, 1.54) is 6.07 Å². The second-order valence-corrected chi connectivity index (χ2v) is 4.85. The highest BCUT2D eigenvalue weighted by molar-refractivity contribution is 5.80. The van der Waals surface area contributed by atoms with Crippen LogP contribution >= 0.6 is 0 Å². The molecule has 114 valence electrons. The van der Waals surface area contributed by atoms with E-state index in [4.69, 9.17) is 15.9 Å². The smallest absolute Gasteiger partial charge is 0.336 e. The molecule has 0 bridgehead atoms. The van der Waals surface area contributed by atoms with Crippen LogP contribution in [0.25, 0.3) is 11.0 Å². The van der Waals surface area contributed by atoms with Crippen LogP contribution in [0, 0.1) is 0 Å². The molecule has 2 aromatic rings. The molecule has 6 heteroatoms. The van der Waals surface area contributed by atoms with E-state index in [1.807, 2.05) is 18.2 Å². The molecule has 1 aromatic carbocycles. The lowest BCUT2D eigenvalue weighted by molar-refractivity contribution is 0.300. The van der Waals surface area contributed by atoms with Gasteiger partial charge in [-0.3, -0.25) is 4.90 Å². The molecule has 5 N–H and O–H groups in total. The Bertz CT molecular complexity index is 620. The number of nitrogens with zero attached hydrogens (tertiary/aromatic N) is 1. The Balaban J connectivity index is 1.95. The van der Waals surface area contributed by atoms with Gasteiger partial charge >= 0.3 is 5.63 Å². The van der Waals surface area contributed by atoms with E-state index in [1.54, 1.807) is 6.07 Å². The van der Waals surface area contributed by atoms with Crippen molar-refractivity contribution in [2.45, 2.75) is 0 Å². The van der Waals surface area contributed by atoms with Crippen molar-refractivity contribution in [1.82, 2.24) is 4.90 Å². The second kappa shape index (κ2) is 7.78. The van der Waals surface area contributed by atoms with E-state index in [2.05, 4.69) is 10.2 Å². The molecule has 0 aliphatic heterocycles. The van der Waals surface area contributed by atoms with Gasteiger partial charge in [-0.05, 0) is 18.2 Å². The van der Waals surface area contributed by atoms with Gasteiger partial charge in [-0.1, -0.05) is 0 Å². The Labute approximate surface area is 123 Å². The molecular formula is C15H22N4O2. The fourth-order valence-electron chi connectivity index (χ4n) is 2.23. The molecule has 6 nitrogen and oxygen atoms in total. The molecule has 0 saturated heterocycles. The topological polar surface area (TPSA) is 97.5 Å². The zero-order chi connectivity index (χ0) is 15.1. The van der Waals surface area contributed by atoms with Gasteiger partial charge < -0.3 is 21.2 Å². The number of nitrogens with two attached hydrogens (primary N) is 2. The summed E-state index contributed by atoms with van der Waals surface area (Å²) in [6.45, 7) is 4.58. The van der Waals surface area contributed by atoms with E-state index in [0.717, 1.165) is 37.3 Å². The van der Waals surface area contributed by atoms with Gasteiger partial charge in [0.2, 0.25) is 0 Å². The average molecular weight is 290 g/mol. The molecule has 2 rings (SSSR count). The van der Waals surface area contributed by atoms with Crippen molar-refractivity contribution in [2.24, 2.45) is 11.5 Å². The van der Waals surface area contributed by atoms with Crippen LogP contribution in [0.1, 0.15) is 0 Å². The summed E-state index contributed by atoms with van der Waals surface area (Å²) in [5, 5.41) is 4.23. The third kappa shape index (κ3) is 4.56. The molecule has 0 spiro atoms. The lowest BCUT2D eigenvalue weighted by Crippen LogP contribution is -2.37. The normalized spacial score (nSPS) is 11.2. The van der Waals surface area contributed by atoms with E-state index in [0.29, 0.717) is 18.7 Å². The van der Waals surface area contributed by atoms with Crippen molar-refractivity contribution in [3.05, 3.63) is 40.8 Å². The van der Waals surface area contributed by atoms with Gasteiger partial charge in [0.25, 0.3) is 0 Å². The molecule has 0 saturated carbocycles. The standard InChI is InChI=1S/C15H22N4O2/c16-5-8-19(9-6-17)10-7-18-13-3-1-12-2-4-15(20)21-14(12)11-13/h1-4,11,18H,5-10,16-17H2. The minimum absolute atomic E-state index is 0.336. The van der Waals surface area contributed by atoms with Gasteiger partial charge in [-0.15, -0.1) is 0 Å². The number of rotatable bonds is 8. The Morgan fingerprint density at radius 3 is 2.48 bits per heavy atom. The van der Waals surface area contributed by atoms with Gasteiger partial charge in [-0.2, -0.15) is 0 Å². The molecular weight excluding hydrogens is 268 g/mol. The van der Waals surface area contributed by atoms with E-state index >= 15 is 0 Å². The number of hydrogen-bond acceptors (Lipinski definition) is 6. The zero-order valence-electron chi connectivity index (χ0n) is 12.0. The van der Waals surface area contributed by atoms with Crippen LogP contribution < -0.4 is 22.4 Å². The second-order valence-electron chi connectivity index (χ2n) is 4.85. The molecule has 0 unspecified atom stereocenters. The van der Waals surface area contributed by atoms with Gasteiger partial charge in [0.15, 0.2) is 0 Å². The molecule has 0 atom stereocenters. The largest absolute Gasteiger partial charge is 0.423 e. The summed E-state index contributed by atoms with van der Waals surface area (Å²) < 4.78 is 5.17. The molecule has 0 aliphatic rings. The fraction of sp³-hybridized carbons (Fsp3) is 0.400. The summed E-state index contributed by atoms with van der Waals surface area (Å²) in [5.41, 5.74) is 12.3. The van der Waals surface area contributed by atoms with E-state index in [-0.39, 0.29) is 5.63 Å². The van der Waals surface area contributed by atoms with Crippen molar-refractivity contribution in [3.8, 4) is 0 Å². The third-order valence-electron chi connectivity index (χ3n) is 3.27. The zero-order valence-corrected chi connectivity index (χ0v) is 12.0. The minimum atomic E-state index is -0.336. The van der Waals surface area contributed by atoms with Gasteiger partial charge in [0.1, 0.15) is 5.58 Å². The van der Waals surface area contributed by atoms with Crippen molar-refractivity contribution < 1.29 is 4.42 Å². The molecule has 1 aromatic heterocycles. The number of nitrogens with one attached hydrogen (secondary N) is 1. The first kappa shape index (κ1) is 15.5. The van der Waals surface area contributed by atoms with Crippen molar-refractivity contribution in [1.29, 1.82) is 0 Å². The van der Waals surface area contributed by atoms with Crippen LogP contribution in [0.4, 0.5) is 5.69 Å².